The molecule has 1 aliphatic rings. The molecule has 1 fully saturated rings. The third kappa shape index (κ3) is 3.21. The smallest absolute Gasteiger partial charge is 0.273 e. The average Bonchev–Trinajstić information content (AvgIpc) is 2.46. The molecule has 0 saturated heterocycles. The van der Waals surface area contributed by atoms with Gasteiger partial charge in [-0.1, -0.05) is 13.3 Å². The minimum Gasteiger partial charge on any atom is -0.398 e. The highest BCUT2D eigenvalue weighted by Crippen LogP contribution is 2.33. The van der Waals surface area contributed by atoms with Gasteiger partial charge in [-0.25, -0.2) is 0 Å². The van der Waals surface area contributed by atoms with Crippen molar-refractivity contribution in [1.29, 1.82) is 0 Å². The SMILES string of the molecule is CCC1CCC(N(C)c2cc(N)cc([N+](=O)[O-])c2)CC1. The minimum atomic E-state index is -0.387. The lowest BCUT2D eigenvalue weighted by atomic mass is 9.84. The lowest BCUT2D eigenvalue weighted by molar-refractivity contribution is -0.384. The number of rotatable bonds is 4. The fourth-order valence-corrected chi connectivity index (χ4v) is 3.08. The van der Waals surface area contributed by atoms with E-state index in [-0.39, 0.29) is 10.6 Å². The van der Waals surface area contributed by atoms with Gasteiger partial charge in [0.25, 0.3) is 5.69 Å². The van der Waals surface area contributed by atoms with Crippen LogP contribution in [0.15, 0.2) is 18.2 Å². The Hall–Kier alpha value is -1.78. The monoisotopic (exact) mass is 277 g/mol. The summed E-state index contributed by atoms with van der Waals surface area (Å²) in [5, 5.41) is 10.9. The van der Waals surface area contributed by atoms with Crippen LogP contribution in [0.2, 0.25) is 0 Å². The van der Waals surface area contributed by atoms with Gasteiger partial charge in [-0.05, 0) is 37.7 Å². The van der Waals surface area contributed by atoms with Gasteiger partial charge in [0.15, 0.2) is 0 Å². The van der Waals surface area contributed by atoms with Crippen LogP contribution in [-0.4, -0.2) is 18.0 Å². The number of hydrogen-bond acceptors (Lipinski definition) is 4. The highest BCUT2D eigenvalue weighted by atomic mass is 16.6. The van der Waals surface area contributed by atoms with Crippen molar-refractivity contribution < 1.29 is 4.92 Å². The Bertz CT molecular complexity index is 482. The number of nitrogens with zero attached hydrogens (tertiary/aromatic N) is 2. The molecule has 0 radical (unpaired) electrons. The molecule has 2 N–H and O–H groups in total. The molecule has 0 atom stereocenters. The molecule has 1 aliphatic carbocycles. The van der Waals surface area contributed by atoms with Gasteiger partial charge in [-0.15, -0.1) is 0 Å². The van der Waals surface area contributed by atoms with Gasteiger partial charge in [0, 0.05) is 36.6 Å². The van der Waals surface area contributed by atoms with Crippen molar-refractivity contribution in [2.75, 3.05) is 17.7 Å². The quantitative estimate of drug-likeness (QED) is 0.518. The number of nitrogen functional groups attached to an aromatic ring is 1. The largest absolute Gasteiger partial charge is 0.398 e. The van der Waals surface area contributed by atoms with E-state index in [2.05, 4.69) is 11.8 Å². The summed E-state index contributed by atoms with van der Waals surface area (Å²) < 4.78 is 0. The fourth-order valence-electron chi connectivity index (χ4n) is 3.08. The zero-order chi connectivity index (χ0) is 14.7. The summed E-state index contributed by atoms with van der Waals surface area (Å²) in [5.74, 6) is 0.842. The first kappa shape index (κ1) is 14.6. The van der Waals surface area contributed by atoms with E-state index in [1.54, 1.807) is 6.07 Å². The molecule has 0 unspecified atom stereocenters. The molecule has 110 valence electrons. The first-order chi connectivity index (χ1) is 9.51. The normalized spacial score (nSPS) is 22.5. The van der Waals surface area contributed by atoms with Gasteiger partial charge in [-0.3, -0.25) is 10.1 Å². The number of nitro benzene ring substituents is 1. The molecule has 1 saturated carbocycles. The van der Waals surface area contributed by atoms with E-state index in [0.29, 0.717) is 11.7 Å². The van der Waals surface area contributed by atoms with E-state index in [1.165, 1.54) is 25.3 Å². The second kappa shape index (κ2) is 6.11. The Kier molecular flexibility index (Phi) is 4.47. The molecule has 1 aromatic rings. The maximum absolute atomic E-state index is 10.9. The number of nitrogens with two attached hydrogens (primary N) is 1. The average molecular weight is 277 g/mol. The lowest BCUT2D eigenvalue weighted by Gasteiger charge is -2.35. The summed E-state index contributed by atoms with van der Waals surface area (Å²) >= 11 is 0. The summed E-state index contributed by atoms with van der Waals surface area (Å²) in [7, 11) is 2.01. The van der Waals surface area contributed by atoms with Crippen LogP contribution >= 0.6 is 0 Å². The maximum atomic E-state index is 10.9. The van der Waals surface area contributed by atoms with Gasteiger partial charge in [-0.2, -0.15) is 0 Å². The van der Waals surface area contributed by atoms with E-state index < -0.39 is 0 Å². The van der Waals surface area contributed by atoms with E-state index >= 15 is 0 Å². The molecular formula is C15H23N3O2. The third-order valence-corrected chi connectivity index (χ3v) is 4.48. The van der Waals surface area contributed by atoms with Crippen LogP contribution in [0.3, 0.4) is 0 Å². The van der Waals surface area contributed by atoms with Crippen LogP contribution in [0.4, 0.5) is 17.1 Å². The van der Waals surface area contributed by atoms with Crippen LogP contribution in [0, 0.1) is 16.0 Å². The summed E-state index contributed by atoms with van der Waals surface area (Å²) in [4.78, 5) is 12.7. The van der Waals surface area contributed by atoms with Crippen molar-refractivity contribution in [3.05, 3.63) is 28.3 Å². The van der Waals surface area contributed by atoms with Crippen molar-refractivity contribution in [2.24, 2.45) is 5.92 Å². The summed E-state index contributed by atoms with van der Waals surface area (Å²) in [6, 6.07) is 5.30. The zero-order valence-electron chi connectivity index (χ0n) is 12.2. The summed E-state index contributed by atoms with van der Waals surface area (Å²) in [5.41, 5.74) is 7.13. The Morgan fingerprint density at radius 1 is 1.30 bits per heavy atom. The number of anilines is 2. The van der Waals surface area contributed by atoms with Gasteiger partial charge in [0.1, 0.15) is 0 Å². The summed E-state index contributed by atoms with van der Waals surface area (Å²) in [6.45, 7) is 2.25. The van der Waals surface area contributed by atoms with Crippen LogP contribution in [0.5, 0.6) is 0 Å². The second-order valence-electron chi connectivity index (χ2n) is 5.73. The van der Waals surface area contributed by atoms with Crippen molar-refractivity contribution in [3.63, 3.8) is 0 Å². The number of hydrogen-bond donors (Lipinski definition) is 1. The van der Waals surface area contributed by atoms with E-state index in [1.807, 2.05) is 13.1 Å². The Labute approximate surface area is 119 Å². The van der Waals surface area contributed by atoms with Crippen LogP contribution in [0.1, 0.15) is 39.0 Å². The standard InChI is InChI=1S/C15H23N3O2/c1-3-11-4-6-13(7-5-11)17(2)14-8-12(16)9-15(10-14)18(19)20/h8-11,13H,3-7,16H2,1-2H3. The molecule has 0 spiro atoms. The Morgan fingerprint density at radius 2 is 1.95 bits per heavy atom. The molecule has 5 nitrogen and oxygen atoms in total. The number of non-ortho nitro benzene ring substituents is 1. The van der Waals surface area contributed by atoms with Crippen molar-refractivity contribution >= 4 is 17.1 Å². The number of nitro groups is 1. The lowest BCUT2D eigenvalue weighted by Crippen LogP contribution is -2.35. The Balaban J connectivity index is 2.13. The predicted octanol–water partition coefficient (Wildman–Crippen LogP) is 3.58. The van der Waals surface area contributed by atoms with Crippen molar-refractivity contribution in [2.45, 2.75) is 45.1 Å². The van der Waals surface area contributed by atoms with E-state index in [0.717, 1.165) is 24.4 Å². The predicted molar refractivity (Wildman–Crippen MR) is 81.9 cm³/mol. The fraction of sp³-hybridized carbons (Fsp3) is 0.600. The molecule has 20 heavy (non-hydrogen) atoms. The molecule has 0 bridgehead atoms. The van der Waals surface area contributed by atoms with E-state index in [4.69, 9.17) is 5.73 Å². The zero-order valence-corrected chi connectivity index (χ0v) is 12.2. The topological polar surface area (TPSA) is 72.4 Å². The van der Waals surface area contributed by atoms with Crippen LogP contribution < -0.4 is 10.6 Å². The first-order valence-electron chi connectivity index (χ1n) is 7.29. The second-order valence-corrected chi connectivity index (χ2v) is 5.73. The maximum Gasteiger partial charge on any atom is 0.273 e. The Morgan fingerprint density at radius 3 is 2.50 bits per heavy atom. The molecule has 0 aromatic heterocycles. The van der Waals surface area contributed by atoms with Crippen LogP contribution in [-0.2, 0) is 0 Å². The molecule has 0 amide bonds. The molecule has 5 heteroatoms. The van der Waals surface area contributed by atoms with Gasteiger partial charge >= 0.3 is 0 Å². The molecule has 0 aliphatic heterocycles. The van der Waals surface area contributed by atoms with Gasteiger partial charge < -0.3 is 10.6 Å². The molecular weight excluding hydrogens is 254 g/mol. The van der Waals surface area contributed by atoms with Gasteiger partial charge in [0.2, 0.25) is 0 Å². The molecule has 1 aromatic carbocycles. The van der Waals surface area contributed by atoms with Crippen molar-refractivity contribution in [1.82, 2.24) is 0 Å². The number of benzene rings is 1. The van der Waals surface area contributed by atoms with Crippen LogP contribution in [0.25, 0.3) is 0 Å². The highest BCUT2D eigenvalue weighted by Gasteiger charge is 2.24. The highest BCUT2D eigenvalue weighted by molar-refractivity contribution is 5.62. The third-order valence-electron chi connectivity index (χ3n) is 4.48. The van der Waals surface area contributed by atoms with Crippen molar-refractivity contribution in [3.8, 4) is 0 Å². The molecule has 0 heterocycles. The minimum absolute atomic E-state index is 0.0640. The first-order valence-corrected chi connectivity index (χ1v) is 7.29. The van der Waals surface area contributed by atoms with E-state index in [9.17, 15) is 10.1 Å². The molecule has 2 rings (SSSR count). The summed E-state index contributed by atoms with van der Waals surface area (Å²) in [6.07, 6.45) is 6.04. The van der Waals surface area contributed by atoms with Gasteiger partial charge in [0.05, 0.1) is 4.92 Å².